The minimum atomic E-state index is -0.170. The van der Waals surface area contributed by atoms with Crippen LogP contribution in [0.15, 0.2) is 66.5 Å². The van der Waals surface area contributed by atoms with E-state index in [2.05, 4.69) is 27.1 Å². The quantitative estimate of drug-likeness (QED) is 0.197. The number of hydrogen-bond acceptors (Lipinski definition) is 6. The number of benzene rings is 2. The summed E-state index contributed by atoms with van der Waals surface area (Å²) in [6.45, 7) is 6.41. The van der Waals surface area contributed by atoms with Gasteiger partial charge in [0, 0.05) is 39.6 Å². The van der Waals surface area contributed by atoms with Crippen molar-refractivity contribution in [3.63, 3.8) is 0 Å². The summed E-state index contributed by atoms with van der Waals surface area (Å²) in [6.07, 6.45) is 4.11. The Labute approximate surface area is 216 Å². The van der Waals surface area contributed by atoms with Crippen LogP contribution in [-0.4, -0.2) is 31.4 Å². The third kappa shape index (κ3) is 6.07. The Bertz CT molecular complexity index is 1320. The molecule has 1 N–H and O–H groups in total. The van der Waals surface area contributed by atoms with E-state index in [0.717, 1.165) is 21.8 Å². The molecule has 0 bridgehead atoms. The van der Waals surface area contributed by atoms with E-state index < -0.39 is 0 Å². The zero-order chi connectivity index (χ0) is 24.1. The highest BCUT2D eigenvalue weighted by Crippen LogP contribution is 2.28. The second-order valence-electron chi connectivity index (χ2n) is 7.45. The van der Waals surface area contributed by atoms with Crippen molar-refractivity contribution >= 4 is 57.3 Å². The third-order valence-electron chi connectivity index (χ3n) is 4.84. The molecule has 174 valence electrons. The number of thiazole rings is 1. The van der Waals surface area contributed by atoms with Crippen LogP contribution in [0.5, 0.6) is 0 Å². The lowest BCUT2D eigenvalue weighted by atomic mass is 10.1. The zero-order valence-electron chi connectivity index (χ0n) is 18.3. The number of rotatable bonds is 9. The number of carbonyl (C=O) groups excluding carboxylic acids is 1. The third-order valence-corrected chi connectivity index (χ3v) is 7.33. The van der Waals surface area contributed by atoms with Gasteiger partial charge in [-0.15, -0.1) is 28.1 Å². The van der Waals surface area contributed by atoms with E-state index in [0.29, 0.717) is 33.3 Å². The van der Waals surface area contributed by atoms with E-state index in [4.69, 9.17) is 23.2 Å². The van der Waals surface area contributed by atoms with Crippen molar-refractivity contribution in [1.29, 1.82) is 0 Å². The normalized spacial score (nSPS) is 10.9. The lowest BCUT2D eigenvalue weighted by Crippen LogP contribution is -2.14. The first kappa shape index (κ1) is 24.5. The van der Waals surface area contributed by atoms with Gasteiger partial charge < -0.3 is 5.32 Å². The topological polar surface area (TPSA) is 72.7 Å². The van der Waals surface area contributed by atoms with Crippen LogP contribution >= 0.6 is 46.3 Å². The van der Waals surface area contributed by atoms with Gasteiger partial charge in [0.1, 0.15) is 0 Å². The Balaban J connectivity index is 1.38. The van der Waals surface area contributed by atoms with Gasteiger partial charge in [-0.3, -0.25) is 9.36 Å². The molecule has 34 heavy (non-hydrogen) atoms. The van der Waals surface area contributed by atoms with Crippen molar-refractivity contribution in [2.24, 2.45) is 0 Å². The van der Waals surface area contributed by atoms with Gasteiger partial charge in [-0.2, -0.15) is 0 Å². The second kappa shape index (κ2) is 11.2. The summed E-state index contributed by atoms with van der Waals surface area (Å²) >= 11 is 15.0. The summed E-state index contributed by atoms with van der Waals surface area (Å²) in [5.41, 5.74) is 3.05. The number of aryl methyl sites for hydroxylation is 1. The number of allylic oxidation sites excluding steroid dienone is 1. The lowest BCUT2D eigenvalue weighted by molar-refractivity contribution is -0.113. The number of carbonyl (C=O) groups is 1. The molecule has 0 spiro atoms. The summed E-state index contributed by atoms with van der Waals surface area (Å²) in [5, 5.41) is 13.9. The summed E-state index contributed by atoms with van der Waals surface area (Å²) < 4.78 is 1.95. The van der Waals surface area contributed by atoms with Crippen molar-refractivity contribution in [3.05, 3.63) is 87.4 Å². The predicted octanol–water partition coefficient (Wildman–Crippen LogP) is 6.52. The van der Waals surface area contributed by atoms with Crippen LogP contribution in [0.3, 0.4) is 0 Å². The Morgan fingerprint density at radius 1 is 1.21 bits per heavy atom. The minimum Gasteiger partial charge on any atom is -0.301 e. The molecule has 0 saturated carbocycles. The maximum atomic E-state index is 12.6. The van der Waals surface area contributed by atoms with Crippen LogP contribution < -0.4 is 5.32 Å². The molecule has 10 heteroatoms. The molecule has 0 aliphatic heterocycles. The number of amides is 1. The smallest absolute Gasteiger partial charge is 0.236 e. The van der Waals surface area contributed by atoms with Crippen molar-refractivity contribution in [2.45, 2.75) is 25.0 Å². The Morgan fingerprint density at radius 3 is 2.76 bits per heavy atom. The molecule has 1 amide bonds. The Hall–Kier alpha value is -2.65. The highest BCUT2D eigenvalue weighted by atomic mass is 35.5. The van der Waals surface area contributed by atoms with Gasteiger partial charge in [-0.1, -0.05) is 70.9 Å². The molecule has 6 nitrogen and oxygen atoms in total. The lowest BCUT2D eigenvalue weighted by Gasteiger charge is -2.08. The van der Waals surface area contributed by atoms with Crippen molar-refractivity contribution in [3.8, 4) is 11.4 Å². The number of anilines is 1. The second-order valence-corrected chi connectivity index (χ2v) is 10.4. The molecular formula is C24H21Cl2N5OS2. The number of aromatic nitrogens is 4. The summed E-state index contributed by atoms with van der Waals surface area (Å²) in [5.74, 6) is 0.752. The number of nitrogens with zero attached hydrogens (tertiary/aromatic N) is 4. The molecule has 2 aromatic heterocycles. The SMILES string of the molecule is C=CCn1c(SCC(=O)Nc2ncc(Cc3cc(Cl)ccc3Cl)s2)nnc1-c1ccc(C)cc1. The number of nitrogens with one attached hydrogen (secondary N) is 1. The fraction of sp³-hybridized carbons (Fsp3) is 0.167. The van der Waals surface area contributed by atoms with Crippen molar-refractivity contribution < 1.29 is 4.79 Å². The van der Waals surface area contributed by atoms with E-state index in [1.165, 1.54) is 28.7 Å². The zero-order valence-corrected chi connectivity index (χ0v) is 21.4. The average Bonchev–Trinajstić information content (AvgIpc) is 3.42. The molecule has 2 aromatic carbocycles. The first-order valence-corrected chi connectivity index (χ1v) is 12.9. The molecular weight excluding hydrogens is 509 g/mol. The van der Waals surface area contributed by atoms with Gasteiger partial charge in [-0.05, 0) is 30.7 Å². The van der Waals surface area contributed by atoms with E-state index >= 15 is 0 Å². The Morgan fingerprint density at radius 2 is 2.00 bits per heavy atom. The molecule has 2 heterocycles. The summed E-state index contributed by atoms with van der Waals surface area (Å²) in [4.78, 5) is 17.8. The van der Waals surface area contributed by atoms with Gasteiger partial charge in [0.2, 0.25) is 5.91 Å². The molecule has 4 aromatic rings. The van der Waals surface area contributed by atoms with Gasteiger partial charge in [0.25, 0.3) is 0 Å². The van der Waals surface area contributed by atoms with Gasteiger partial charge in [0.15, 0.2) is 16.1 Å². The number of halogens is 2. The van der Waals surface area contributed by atoms with Crippen molar-refractivity contribution in [1.82, 2.24) is 19.7 Å². The first-order chi connectivity index (χ1) is 16.4. The number of thioether (sulfide) groups is 1. The molecule has 4 rings (SSSR count). The molecule has 0 unspecified atom stereocenters. The highest BCUT2D eigenvalue weighted by molar-refractivity contribution is 7.99. The van der Waals surface area contributed by atoms with Crippen LogP contribution in [0.4, 0.5) is 5.13 Å². The van der Waals surface area contributed by atoms with Gasteiger partial charge in [-0.25, -0.2) is 4.98 Å². The van der Waals surface area contributed by atoms with Crippen LogP contribution in [-0.2, 0) is 17.8 Å². The first-order valence-electron chi connectivity index (χ1n) is 10.4. The van der Waals surface area contributed by atoms with E-state index in [1.54, 1.807) is 24.4 Å². The van der Waals surface area contributed by atoms with Crippen LogP contribution in [0.2, 0.25) is 10.0 Å². The molecule has 0 atom stereocenters. The maximum Gasteiger partial charge on any atom is 0.236 e. The largest absolute Gasteiger partial charge is 0.301 e. The summed E-state index contributed by atoms with van der Waals surface area (Å²) in [7, 11) is 0. The standard InChI is InChI=1S/C24H21Cl2N5OS2/c1-3-10-31-22(16-6-4-15(2)5-7-16)29-30-24(31)33-14-21(32)28-23-27-13-19(34-23)12-17-11-18(25)8-9-20(17)26/h3-9,11,13H,1,10,12,14H2,2H3,(H,27,28,32). The Kier molecular flexibility index (Phi) is 8.05. The predicted molar refractivity (Wildman–Crippen MR) is 141 cm³/mol. The minimum absolute atomic E-state index is 0.170. The molecule has 0 fully saturated rings. The molecule has 0 saturated heterocycles. The van der Waals surface area contributed by atoms with Crippen molar-refractivity contribution in [2.75, 3.05) is 11.1 Å². The van der Waals surface area contributed by atoms with Crippen LogP contribution in [0, 0.1) is 6.92 Å². The molecule has 0 radical (unpaired) electrons. The fourth-order valence-corrected chi connectivity index (χ4v) is 5.18. The van der Waals surface area contributed by atoms with E-state index in [-0.39, 0.29) is 11.7 Å². The summed E-state index contributed by atoms with van der Waals surface area (Å²) in [6, 6.07) is 13.4. The van der Waals surface area contributed by atoms with E-state index in [1.807, 2.05) is 41.8 Å². The highest BCUT2D eigenvalue weighted by Gasteiger charge is 2.16. The van der Waals surface area contributed by atoms with Crippen LogP contribution in [0.25, 0.3) is 11.4 Å². The fourth-order valence-electron chi connectivity index (χ4n) is 3.20. The average molecular weight is 531 g/mol. The van der Waals surface area contributed by atoms with E-state index in [9.17, 15) is 4.79 Å². The van der Waals surface area contributed by atoms with Gasteiger partial charge in [0.05, 0.1) is 5.75 Å². The molecule has 0 aliphatic rings. The molecule has 0 aliphatic carbocycles. The number of hydrogen-bond donors (Lipinski definition) is 1. The monoisotopic (exact) mass is 529 g/mol. The van der Waals surface area contributed by atoms with Gasteiger partial charge >= 0.3 is 0 Å². The maximum absolute atomic E-state index is 12.6. The van der Waals surface area contributed by atoms with Crippen LogP contribution in [0.1, 0.15) is 16.0 Å².